The molecule has 0 bridgehead atoms. The molecule has 1 aliphatic rings. The van der Waals surface area contributed by atoms with E-state index in [9.17, 15) is 9.18 Å². The van der Waals surface area contributed by atoms with Crippen LogP contribution in [-0.2, 0) is 0 Å². The molecule has 1 aliphatic heterocycles. The van der Waals surface area contributed by atoms with Crippen LogP contribution in [0.2, 0.25) is 0 Å². The Labute approximate surface area is 152 Å². The fourth-order valence-electron chi connectivity index (χ4n) is 2.87. The number of ether oxygens (including phenoxy) is 2. The average molecular weight is 358 g/mol. The summed E-state index contributed by atoms with van der Waals surface area (Å²) in [5, 5.41) is 5.76. The summed E-state index contributed by atoms with van der Waals surface area (Å²) in [6, 6.07) is 13.1. The van der Waals surface area contributed by atoms with Gasteiger partial charge in [-0.25, -0.2) is 9.18 Å². The monoisotopic (exact) mass is 358 g/mol. The zero-order valence-electron chi connectivity index (χ0n) is 14.9. The number of rotatable bonds is 5. The largest absolute Gasteiger partial charge is 0.486 e. The van der Waals surface area contributed by atoms with E-state index in [4.69, 9.17) is 9.47 Å². The lowest BCUT2D eigenvalue weighted by atomic mass is 9.96. The predicted octanol–water partition coefficient (Wildman–Crippen LogP) is 3.66. The van der Waals surface area contributed by atoms with Crippen LogP contribution in [0.4, 0.5) is 9.18 Å². The molecule has 2 aromatic rings. The van der Waals surface area contributed by atoms with E-state index in [-0.39, 0.29) is 29.9 Å². The highest BCUT2D eigenvalue weighted by molar-refractivity contribution is 5.74. The van der Waals surface area contributed by atoms with E-state index in [1.54, 1.807) is 12.1 Å². The zero-order valence-corrected chi connectivity index (χ0v) is 14.9. The molecule has 2 N–H and O–H groups in total. The van der Waals surface area contributed by atoms with Crippen LogP contribution in [-0.4, -0.2) is 25.3 Å². The third kappa shape index (κ3) is 4.45. The van der Waals surface area contributed by atoms with Crippen LogP contribution in [0.5, 0.6) is 11.5 Å². The fraction of sp³-hybridized carbons (Fsp3) is 0.350. The van der Waals surface area contributed by atoms with Crippen LogP contribution in [0.15, 0.2) is 48.5 Å². The minimum absolute atomic E-state index is 0.160. The molecule has 2 unspecified atom stereocenters. The number of urea groups is 1. The first-order chi connectivity index (χ1) is 12.5. The average Bonchev–Trinajstić information content (AvgIpc) is 2.65. The third-order valence-corrected chi connectivity index (χ3v) is 4.24. The van der Waals surface area contributed by atoms with E-state index >= 15 is 0 Å². The number of fused-ring (bicyclic) bond motifs is 1. The van der Waals surface area contributed by atoms with Crippen molar-refractivity contribution in [2.45, 2.75) is 26.0 Å². The molecule has 1 heterocycles. The summed E-state index contributed by atoms with van der Waals surface area (Å²) in [6.45, 7) is 4.71. The molecule has 6 heteroatoms. The van der Waals surface area contributed by atoms with Gasteiger partial charge in [0.15, 0.2) is 17.6 Å². The van der Waals surface area contributed by atoms with Crippen LogP contribution in [0.1, 0.15) is 25.5 Å². The van der Waals surface area contributed by atoms with E-state index < -0.39 is 0 Å². The SMILES string of the molecule is CC(C)C(NC(=O)NCC1COc2ccccc2O1)c1ccc(F)cc1. The highest BCUT2D eigenvalue weighted by Crippen LogP contribution is 2.30. The maximum atomic E-state index is 13.1. The lowest BCUT2D eigenvalue weighted by Gasteiger charge is -2.27. The van der Waals surface area contributed by atoms with Gasteiger partial charge in [0.2, 0.25) is 0 Å². The molecule has 2 atom stereocenters. The summed E-state index contributed by atoms with van der Waals surface area (Å²) >= 11 is 0. The van der Waals surface area contributed by atoms with Gasteiger partial charge >= 0.3 is 6.03 Å². The lowest BCUT2D eigenvalue weighted by Crippen LogP contribution is -2.46. The van der Waals surface area contributed by atoms with Crippen LogP contribution >= 0.6 is 0 Å². The van der Waals surface area contributed by atoms with Gasteiger partial charge < -0.3 is 20.1 Å². The normalized spacial score (nSPS) is 16.8. The van der Waals surface area contributed by atoms with Gasteiger partial charge in [-0.15, -0.1) is 0 Å². The van der Waals surface area contributed by atoms with Crippen molar-refractivity contribution in [3.05, 3.63) is 59.9 Å². The number of para-hydroxylation sites is 2. The summed E-state index contributed by atoms with van der Waals surface area (Å²) in [4.78, 5) is 12.3. The van der Waals surface area contributed by atoms with Gasteiger partial charge in [-0.05, 0) is 35.7 Å². The molecular formula is C20H23FN2O3. The molecule has 5 nitrogen and oxygen atoms in total. The fourth-order valence-corrected chi connectivity index (χ4v) is 2.87. The number of benzene rings is 2. The van der Waals surface area contributed by atoms with Crippen molar-refractivity contribution in [2.24, 2.45) is 5.92 Å². The highest BCUT2D eigenvalue weighted by atomic mass is 19.1. The van der Waals surface area contributed by atoms with E-state index in [1.807, 2.05) is 38.1 Å². The Morgan fingerprint density at radius 2 is 1.85 bits per heavy atom. The van der Waals surface area contributed by atoms with E-state index in [1.165, 1.54) is 12.1 Å². The van der Waals surface area contributed by atoms with Gasteiger partial charge in [-0.2, -0.15) is 0 Å². The molecule has 0 spiro atoms. The molecule has 138 valence electrons. The standard InChI is InChI=1S/C20H23FN2O3/c1-13(2)19(14-7-9-15(21)10-8-14)23-20(24)22-11-16-12-25-17-5-3-4-6-18(17)26-16/h3-10,13,16,19H,11-12H2,1-2H3,(H2,22,23,24). The summed E-state index contributed by atoms with van der Waals surface area (Å²) in [5.74, 6) is 1.25. The van der Waals surface area contributed by atoms with Crippen molar-refractivity contribution >= 4 is 6.03 Å². The van der Waals surface area contributed by atoms with Crippen LogP contribution in [0.3, 0.4) is 0 Å². The van der Waals surface area contributed by atoms with Crippen molar-refractivity contribution < 1.29 is 18.7 Å². The number of hydrogen-bond donors (Lipinski definition) is 2. The quantitative estimate of drug-likeness (QED) is 0.857. The number of hydrogen-bond acceptors (Lipinski definition) is 3. The van der Waals surface area contributed by atoms with Gasteiger partial charge in [0.05, 0.1) is 12.6 Å². The molecule has 0 saturated carbocycles. The molecule has 0 fully saturated rings. The summed E-state index contributed by atoms with van der Waals surface area (Å²) in [7, 11) is 0. The molecule has 2 aromatic carbocycles. The molecule has 26 heavy (non-hydrogen) atoms. The Morgan fingerprint density at radius 3 is 2.54 bits per heavy atom. The molecule has 3 rings (SSSR count). The van der Waals surface area contributed by atoms with Gasteiger partial charge in [0, 0.05) is 0 Å². The molecular weight excluding hydrogens is 335 g/mol. The number of carbonyl (C=O) groups is 1. The van der Waals surface area contributed by atoms with Gasteiger partial charge in [0.25, 0.3) is 0 Å². The first-order valence-electron chi connectivity index (χ1n) is 8.71. The number of nitrogens with one attached hydrogen (secondary N) is 2. The predicted molar refractivity (Wildman–Crippen MR) is 96.9 cm³/mol. The first-order valence-corrected chi connectivity index (χ1v) is 8.71. The molecule has 0 aromatic heterocycles. The second-order valence-electron chi connectivity index (χ2n) is 6.63. The minimum atomic E-state index is -0.296. The van der Waals surface area contributed by atoms with Gasteiger partial charge in [-0.1, -0.05) is 38.1 Å². The Morgan fingerprint density at radius 1 is 1.15 bits per heavy atom. The van der Waals surface area contributed by atoms with Crippen molar-refractivity contribution in [2.75, 3.05) is 13.2 Å². The second-order valence-corrected chi connectivity index (χ2v) is 6.63. The second kappa shape index (κ2) is 8.08. The summed E-state index contributed by atoms with van der Waals surface area (Å²) in [6.07, 6.45) is -0.251. The first kappa shape index (κ1) is 18.0. The highest BCUT2D eigenvalue weighted by Gasteiger charge is 2.22. The molecule has 2 amide bonds. The summed E-state index contributed by atoms with van der Waals surface area (Å²) < 4.78 is 24.6. The van der Waals surface area contributed by atoms with E-state index in [2.05, 4.69) is 10.6 Å². The third-order valence-electron chi connectivity index (χ3n) is 4.24. The zero-order chi connectivity index (χ0) is 18.5. The van der Waals surface area contributed by atoms with Crippen LogP contribution < -0.4 is 20.1 Å². The van der Waals surface area contributed by atoms with Gasteiger partial charge in [0.1, 0.15) is 12.4 Å². The Kier molecular flexibility index (Phi) is 5.61. The van der Waals surface area contributed by atoms with Crippen molar-refractivity contribution in [3.63, 3.8) is 0 Å². The molecule has 0 saturated heterocycles. The van der Waals surface area contributed by atoms with Gasteiger partial charge in [-0.3, -0.25) is 0 Å². The Hall–Kier alpha value is -2.76. The lowest BCUT2D eigenvalue weighted by molar-refractivity contribution is 0.0916. The van der Waals surface area contributed by atoms with Crippen LogP contribution in [0, 0.1) is 11.7 Å². The number of halogens is 1. The smallest absolute Gasteiger partial charge is 0.315 e. The van der Waals surface area contributed by atoms with Crippen molar-refractivity contribution in [1.82, 2.24) is 10.6 Å². The topological polar surface area (TPSA) is 59.6 Å². The molecule has 0 radical (unpaired) electrons. The Bertz CT molecular complexity index is 749. The number of amides is 2. The maximum absolute atomic E-state index is 13.1. The van der Waals surface area contributed by atoms with E-state index in [0.29, 0.717) is 24.7 Å². The van der Waals surface area contributed by atoms with Crippen molar-refractivity contribution in [1.29, 1.82) is 0 Å². The Balaban J connectivity index is 1.54. The maximum Gasteiger partial charge on any atom is 0.315 e. The number of carbonyl (C=O) groups excluding carboxylic acids is 1. The van der Waals surface area contributed by atoms with Crippen molar-refractivity contribution in [3.8, 4) is 11.5 Å². The minimum Gasteiger partial charge on any atom is -0.486 e. The van der Waals surface area contributed by atoms with E-state index in [0.717, 1.165) is 5.56 Å². The summed E-state index contributed by atoms with van der Waals surface area (Å²) in [5.41, 5.74) is 0.864. The molecule has 0 aliphatic carbocycles. The van der Waals surface area contributed by atoms with Crippen LogP contribution in [0.25, 0.3) is 0 Å².